The summed E-state index contributed by atoms with van der Waals surface area (Å²) in [5, 5.41) is 8.96. The zero-order valence-corrected chi connectivity index (χ0v) is 9.35. The minimum absolute atomic E-state index is 0.115. The molecule has 0 aliphatic heterocycles. The molecule has 1 N–H and O–H groups in total. The maximum atomic E-state index is 12.9. The summed E-state index contributed by atoms with van der Waals surface area (Å²) in [6, 6.07) is 3.44. The van der Waals surface area contributed by atoms with Crippen molar-refractivity contribution >= 4 is 5.97 Å². The molecule has 0 aliphatic rings. The Kier molecular flexibility index (Phi) is 3.20. The van der Waals surface area contributed by atoms with Crippen LogP contribution in [0.3, 0.4) is 0 Å². The molecule has 0 saturated carbocycles. The summed E-state index contributed by atoms with van der Waals surface area (Å²) in [5.74, 6) is -1.40. The lowest BCUT2D eigenvalue weighted by molar-refractivity contribution is -0.137. The van der Waals surface area contributed by atoms with Crippen molar-refractivity contribution in [1.82, 2.24) is 9.97 Å². The van der Waals surface area contributed by atoms with Gasteiger partial charge in [0.15, 0.2) is 5.69 Å². The van der Waals surface area contributed by atoms with E-state index in [1.807, 2.05) is 0 Å². The summed E-state index contributed by atoms with van der Waals surface area (Å²) < 4.78 is 38.6. The van der Waals surface area contributed by atoms with Gasteiger partial charge >= 0.3 is 12.1 Å². The first-order valence-electron chi connectivity index (χ1n) is 5.11. The average molecular weight is 268 g/mol. The number of alkyl halides is 3. The number of carboxylic acids is 1. The zero-order valence-electron chi connectivity index (χ0n) is 9.35. The highest BCUT2D eigenvalue weighted by Gasteiger charge is 2.34. The first-order valence-corrected chi connectivity index (χ1v) is 5.11. The highest BCUT2D eigenvalue weighted by molar-refractivity contribution is 5.94. The van der Waals surface area contributed by atoms with Crippen LogP contribution in [0.5, 0.6) is 0 Å². The Bertz CT molecular complexity index is 626. The molecule has 19 heavy (non-hydrogen) atoms. The average Bonchev–Trinajstić information content (AvgIpc) is 2.37. The molecule has 0 aliphatic carbocycles. The fraction of sp³-hybridized carbons (Fsp3) is 0.0833. The van der Waals surface area contributed by atoms with Gasteiger partial charge in [0, 0.05) is 29.7 Å². The molecule has 0 atom stereocenters. The molecule has 0 bridgehead atoms. The highest BCUT2D eigenvalue weighted by Crippen LogP contribution is 2.37. The first kappa shape index (κ1) is 13.0. The van der Waals surface area contributed by atoms with Crippen LogP contribution in [0.1, 0.15) is 16.1 Å². The van der Waals surface area contributed by atoms with Crippen LogP contribution in [-0.2, 0) is 6.18 Å². The van der Waals surface area contributed by atoms with Crippen molar-refractivity contribution in [3.63, 3.8) is 0 Å². The predicted molar refractivity (Wildman–Crippen MR) is 59.4 cm³/mol. The Labute approximate surface area is 105 Å². The number of pyridine rings is 2. The quantitative estimate of drug-likeness (QED) is 0.909. The van der Waals surface area contributed by atoms with Crippen molar-refractivity contribution in [2.75, 3.05) is 0 Å². The number of nitrogens with zero attached hydrogens (tertiary/aromatic N) is 2. The number of rotatable bonds is 2. The third kappa shape index (κ3) is 2.54. The molecule has 2 aromatic heterocycles. The molecule has 0 radical (unpaired) electrons. The van der Waals surface area contributed by atoms with Crippen molar-refractivity contribution in [3.8, 4) is 11.1 Å². The normalized spacial score (nSPS) is 11.3. The van der Waals surface area contributed by atoms with Gasteiger partial charge in [-0.15, -0.1) is 0 Å². The standard InChI is InChI=1S/C12H7F3N2O2/c13-12(14,15)9-3-5-16-6-8(9)7-2-1-4-17-10(7)11(18)19/h1-6H,(H,18,19). The van der Waals surface area contributed by atoms with Gasteiger partial charge in [0.2, 0.25) is 0 Å². The van der Waals surface area contributed by atoms with Crippen molar-refractivity contribution in [2.45, 2.75) is 6.18 Å². The maximum absolute atomic E-state index is 12.9. The molecule has 0 amide bonds. The van der Waals surface area contributed by atoms with E-state index in [4.69, 9.17) is 5.11 Å². The van der Waals surface area contributed by atoms with E-state index in [0.717, 1.165) is 18.5 Å². The van der Waals surface area contributed by atoms with Gasteiger partial charge in [0.25, 0.3) is 0 Å². The number of aromatic nitrogens is 2. The van der Waals surface area contributed by atoms with Crippen LogP contribution in [0.4, 0.5) is 13.2 Å². The Morgan fingerprint density at radius 1 is 1.16 bits per heavy atom. The van der Waals surface area contributed by atoms with Crippen LogP contribution in [0.2, 0.25) is 0 Å². The fourth-order valence-corrected chi connectivity index (χ4v) is 1.65. The minimum Gasteiger partial charge on any atom is -0.476 e. The molecule has 4 nitrogen and oxygen atoms in total. The molecule has 0 spiro atoms. The molecule has 98 valence electrons. The lowest BCUT2D eigenvalue weighted by Gasteiger charge is -2.13. The van der Waals surface area contributed by atoms with Crippen LogP contribution in [0, 0.1) is 0 Å². The molecule has 2 aromatic rings. The van der Waals surface area contributed by atoms with Gasteiger partial charge in [0.05, 0.1) is 5.56 Å². The first-order chi connectivity index (χ1) is 8.91. The fourth-order valence-electron chi connectivity index (χ4n) is 1.65. The third-order valence-corrected chi connectivity index (χ3v) is 2.43. The smallest absolute Gasteiger partial charge is 0.417 e. The Morgan fingerprint density at radius 2 is 1.89 bits per heavy atom. The van der Waals surface area contributed by atoms with E-state index in [1.54, 1.807) is 0 Å². The SMILES string of the molecule is O=C(O)c1ncccc1-c1cnccc1C(F)(F)F. The second-order valence-corrected chi connectivity index (χ2v) is 3.62. The molecule has 7 heteroatoms. The van der Waals surface area contributed by atoms with Gasteiger partial charge in [-0.25, -0.2) is 9.78 Å². The molecule has 0 fully saturated rings. The van der Waals surface area contributed by atoms with Crippen LogP contribution >= 0.6 is 0 Å². The number of hydrogen-bond acceptors (Lipinski definition) is 3. The van der Waals surface area contributed by atoms with Crippen LogP contribution < -0.4 is 0 Å². The summed E-state index contributed by atoms with van der Waals surface area (Å²) >= 11 is 0. The number of carbonyl (C=O) groups is 1. The van der Waals surface area contributed by atoms with Gasteiger partial charge in [0.1, 0.15) is 0 Å². The lowest BCUT2D eigenvalue weighted by atomic mass is 10.0. The monoisotopic (exact) mass is 268 g/mol. The molecule has 0 aromatic carbocycles. The van der Waals surface area contributed by atoms with E-state index < -0.39 is 23.4 Å². The highest BCUT2D eigenvalue weighted by atomic mass is 19.4. The minimum atomic E-state index is -4.59. The summed E-state index contributed by atoms with van der Waals surface area (Å²) in [7, 11) is 0. The summed E-state index contributed by atoms with van der Waals surface area (Å²) in [5.41, 5.74) is -1.81. The van der Waals surface area contributed by atoms with Gasteiger partial charge in [-0.1, -0.05) is 6.07 Å². The summed E-state index contributed by atoms with van der Waals surface area (Å²) in [6.07, 6.45) is -1.41. The predicted octanol–water partition coefficient (Wildman–Crippen LogP) is 2.86. The van der Waals surface area contributed by atoms with Crippen molar-refractivity contribution in [3.05, 3.63) is 48.0 Å². The second-order valence-electron chi connectivity index (χ2n) is 3.62. The molecular formula is C12H7F3N2O2. The Balaban J connectivity index is 2.70. The maximum Gasteiger partial charge on any atom is 0.417 e. The number of aromatic carboxylic acids is 1. The van der Waals surface area contributed by atoms with Crippen LogP contribution in [-0.4, -0.2) is 21.0 Å². The van der Waals surface area contributed by atoms with E-state index in [1.165, 1.54) is 18.3 Å². The molecule has 2 heterocycles. The van der Waals surface area contributed by atoms with E-state index in [-0.39, 0.29) is 11.1 Å². The second kappa shape index (κ2) is 4.68. The van der Waals surface area contributed by atoms with Crippen LogP contribution in [0.15, 0.2) is 36.8 Å². The molecular weight excluding hydrogens is 261 g/mol. The van der Waals surface area contributed by atoms with Crippen molar-refractivity contribution in [1.29, 1.82) is 0 Å². The lowest BCUT2D eigenvalue weighted by Crippen LogP contribution is -2.10. The molecule has 0 unspecified atom stereocenters. The van der Waals surface area contributed by atoms with Gasteiger partial charge in [-0.05, 0) is 12.1 Å². The Morgan fingerprint density at radius 3 is 2.53 bits per heavy atom. The van der Waals surface area contributed by atoms with Crippen LogP contribution in [0.25, 0.3) is 11.1 Å². The van der Waals surface area contributed by atoms with Gasteiger partial charge in [-0.2, -0.15) is 13.2 Å². The Hall–Kier alpha value is -2.44. The van der Waals surface area contributed by atoms with Crippen molar-refractivity contribution in [2.24, 2.45) is 0 Å². The van der Waals surface area contributed by atoms with Gasteiger partial charge < -0.3 is 5.11 Å². The van der Waals surface area contributed by atoms with Crippen molar-refractivity contribution < 1.29 is 23.1 Å². The number of carboxylic acid groups (broad SMARTS) is 1. The van der Waals surface area contributed by atoms with E-state index >= 15 is 0 Å². The van der Waals surface area contributed by atoms with E-state index in [2.05, 4.69) is 9.97 Å². The molecule has 2 rings (SSSR count). The summed E-state index contributed by atoms with van der Waals surface area (Å²) in [4.78, 5) is 18.2. The van der Waals surface area contributed by atoms with E-state index in [0.29, 0.717) is 0 Å². The number of hydrogen-bond donors (Lipinski definition) is 1. The topological polar surface area (TPSA) is 63.1 Å². The summed E-state index contributed by atoms with van der Waals surface area (Å²) in [6.45, 7) is 0. The largest absolute Gasteiger partial charge is 0.476 e. The number of halogens is 3. The third-order valence-electron chi connectivity index (χ3n) is 2.43. The van der Waals surface area contributed by atoms with Gasteiger partial charge in [-0.3, -0.25) is 4.98 Å². The zero-order chi connectivity index (χ0) is 14.0. The molecule has 0 saturated heterocycles. The van der Waals surface area contributed by atoms with E-state index in [9.17, 15) is 18.0 Å².